The van der Waals surface area contributed by atoms with Gasteiger partial charge in [-0.1, -0.05) is 49.0 Å². The molecule has 0 spiro atoms. The Morgan fingerprint density at radius 3 is 2.27 bits per heavy atom. The molecule has 0 aliphatic carbocycles. The van der Waals surface area contributed by atoms with Crippen molar-refractivity contribution in [2.75, 3.05) is 13.1 Å². The van der Waals surface area contributed by atoms with Crippen molar-refractivity contribution in [3.8, 4) is 11.1 Å². The molecular formula is C19H20FNO. The van der Waals surface area contributed by atoms with Crippen LogP contribution in [0.25, 0.3) is 16.7 Å². The van der Waals surface area contributed by atoms with Crippen LogP contribution in [-0.2, 0) is 4.79 Å². The molecular weight excluding hydrogens is 277 g/mol. The standard InChI is InChI=1S/C19H20FNO/c1-4-21(5-2)19(22)14(3)16-11-12-17(18(20)13-16)15-9-7-6-8-10-15/h6-13H,3-5H2,1-2H3. The minimum Gasteiger partial charge on any atom is -0.339 e. The molecule has 2 nitrogen and oxygen atoms in total. The van der Waals surface area contributed by atoms with E-state index in [1.807, 2.05) is 44.2 Å². The van der Waals surface area contributed by atoms with Crippen molar-refractivity contribution in [1.29, 1.82) is 0 Å². The van der Waals surface area contributed by atoms with Crippen molar-refractivity contribution in [1.82, 2.24) is 4.90 Å². The first-order valence-electron chi connectivity index (χ1n) is 7.42. The summed E-state index contributed by atoms with van der Waals surface area (Å²) in [5, 5.41) is 0. The SMILES string of the molecule is C=C(C(=O)N(CC)CC)c1ccc(-c2ccccc2)c(F)c1. The van der Waals surface area contributed by atoms with Crippen LogP contribution in [0.3, 0.4) is 0 Å². The number of benzene rings is 2. The van der Waals surface area contributed by atoms with Gasteiger partial charge in [0.25, 0.3) is 5.91 Å². The van der Waals surface area contributed by atoms with Gasteiger partial charge < -0.3 is 4.90 Å². The van der Waals surface area contributed by atoms with Crippen LogP contribution < -0.4 is 0 Å². The lowest BCUT2D eigenvalue weighted by atomic mass is 9.99. The first-order chi connectivity index (χ1) is 10.6. The molecule has 0 radical (unpaired) electrons. The van der Waals surface area contributed by atoms with E-state index in [4.69, 9.17) is 0 Å². The number of halogens is 1. The van der Waals surface area contributed by atoms with Crippen LogP contribution in [0.15, 0.2) is 55.1 Å². The topological polar surface area (TPSA) is 20.3 Å². The molecule has 0 aliphatic heterocycles. The van der Waals surface area contributed by atoms with Crippen LogP contribution in [0, 0.1) is 5.82 Å². The molecule has 0 heterocycles. The van der Waals surface area contributed by atoms with Gasteiger partial charge in [0, 0.05) is 24.2 Å². The summed E-state index contributed by atoms with van der Waals surface area (Å²) in [5.74, 6) is -0.506. The normalized spacial score (nSPS) is 10.3. The lowest BCUT2D eigenvalue weighted by Gasteiger charge is -2.20. The van der Waals surface area contributed by atoms with E-state index in [1.54, 1.807) is 17.0 Å². The molecule has 22 heavy (non-hydrogen) atoms. The van der Waals surface area contributed by atoms with Crippen molar-refractivity contribution >= 4 is 11.5 Å². The summed E-state index contributed by atoms with van der Waals surface area (Å²) in [4.78, 5) is 13.9. The first-order valence-corrected chi connectivity index (χ1v) is 7.42. The minimum absolute atomic E-state index is 0.156. The van der Waals surface area contributed by atoms with Crippen LogP contribution in [-0.4, -0.2) is 23.9 Å². The third-order valence-corrected chi connectivity index (χ3v) is 3.71. The maximum atomic E-state index is 14.4. The average Bonchev–Trinajstić information content (AvgIpc) is 2.55. The van der Waals surface area contributed by atoms with Gasteiger partial charge in [-0.3, -0.25) is 4.79 Å². The maximum Gasteiger partial charge on any atom is 0.253 e. The average molecular weight is 297 g/mol. The molecule has 114 valence electrons. The highest BCUT2D eigenvalue weighted by Crippen LogP contribution is 2.26. The Morgan fingerprint density at radius 1 is 1.09 bits per heavy atom. The first kappa shape index (κ1) is 16.0. The van der Waals surface area contributed by atoms with Crippen LogP contribution >= 0.6 is 0 Å². The second kappa shape index (κ2) is 7.03. The van der Waals surface area contributed by atoms with E-state index in [9.17, 15) is 9.18 Å². The number of carbonyl (C=O) groups is 1. The predicted molar refractivity (Wildman–Crippen MR) is 88.8 cm³/mol. The molecule has 0 bridgehead atoms. The zero-order valence-corrected chi connectivity index (χ0v) is 13.0. The largest absolute Gasteiger partial charge is 0.339 e. The Balaban J connectivity index is 2.30. The van der Waals surface area contributed by atoms with Gasteiger partial charge in [0.1, 0.15) is 5.82 Å². The van der Waals surface area contributed by atoms with Crippen molar-refractivity contribution in [3.05, 3.63) is 66.5 Å². The zero-order chi connectivity index (χ0) is 16.1. The molecule has 0 saturated carbocycles. The molecule has 0 saturated heterocycles. The van der Waals surface area contributed by atoms with Gasteiger partial charge in [0.2, 0.25) is 0 Å². The number of nitrogens with zero attached hydrogens (tertiary/aromatic N) is 1. The fourth-order valence-corrected chi connectivity index (χ4v) is 2.38. The van der Waals surface area contributed by atoms with E-state index >= 15 is 0 Å². The summed E-state index contributed by atoms with van der Waals surface area (Å²) < 4.78 is 14.4. The van der Waals surface area contributed by atoms with Gasteiger partial charge in [-0.15, -0.1) is 0 Å². The Bertz CT molecular complexity index is 675. The number of hydrogen-bond donors (Lipinski definition) is 0. The van der Waals surface area contributed by atoms with Crippen LogP contribution in [0.5, 0.6) is 0 Å². The van der Waals surface area contributed by atoms with Gasteiger partial charge in [-0.25, -0.2) is 4.39 Å². The molecule has 1 amide bonds. The molecule has 0 aliphatic rings. The zero-order valence-electron chi connectivity index (χ0n) is 13.0. The monoisotopic (exact) mass is 297 g/mol. The number of rotatable bonds is 5. The summed E-state index contributed by atoms with van der Waals surface area (Å²) in [7, 11) is 0. The quantitative estimate of drug-likeness (QED) is 0.750. The van der Waals surface area contributed by atoms with Crippen molar-refractivity contribution in [2.24, 2.45) is 0 Å². The minimum atomic E-state index is -0.350. The van der Waals surface area contributed by atoms with E-state index in [1.165, 1.54) is 6.07 Å². The summed E-state index contributed by atoms with van der Waals surface area (Å²) >= 11 is 0. The molecule has 2 aromatic rings. The molecule has 0 N–H and O–H groups in total. The Labute approximate surface area is 130 Å². The second-order valence-corrected chi connectivity index (χ2v) is 5.02. The Morgan fingerprint density at radius 2 is 1.73 bits per heavy atom. The van der Waals surface area contributed by atoms with Gasteiger partial charge in [-0.2, -0.15) is 0 Å². The van der Waals surface area contributed by atoms with E-state index in [2.05, 4.69) is 6.58 Å². The molecule has 0 aromatic heterocycles. The third-order valence-electron chi connectivity index (χ3n) is 3.71. The summed E-state index contributed by atoms with van der Waals surface area (Å²) in [5.41, 5.74) is 2.18. The van der Waals surface area contributed by atoms with Crippen molar-refractivity contribution < 1.29 is 9.18 Å². The fraction of sp³-hybridized carbons (Fsp3) is 0.211. The Kier molecular flexibility index (Phi) is 5.10. The highest BCUT2D eigenvalue weighted by molar-refractivity contribution is 6.18. The number of hydrogen-bond acceptors (Lipinski definition) is 1. The molecule has 3 heteroatoms. The van der Waals surface area contributed by atoms with Crippen LogP contribution in [0.2, 0.25) is 0 Å². The number of amides is 1. The second-order valence-electron chi connectivity index (χ2n) is 5.02. The highest BCUT2D eigenvalue weighted by atomic mass is 19.1. The smallest absolute Gasteiger partial charge is 0.253 e. The molecule has 0 unspecified atom stereocenters. The van der Waals surface area contributed by atoms with E-state index in [0.29, 0.717) is 29.8 Å². The van der Waals surface area contributed by atoms with Gasteiger partial charge in [-0.05, 0) is 31.0 Å². The Hall–Kier alpha value is -2.42. The maximum absolute atomic E-state index is 14.4. The highest BCUT2D eigenvalue weighted by Gasteiger charge is 2.16. The summed E-state index contributed by atoms with van der Waals surface area (Å²) in [6.45, 7) is 8.87. The van der Waals surface area contributed by atoms with Gasteiger partial charge >= 0.3 is 0 Å². The fourth-order valence-electron chi connectivity index (χ4n) is 2.38. The lowest BCUT2D eigenvalue weighted by Crippen LogP contribution is -2.30. The molecule has 0 fully saturated rings. The number of likely N-dealkylation sites (N-methyl/N-ethyl adjacent to an activating group) is 1. The molecule has 2 rings (SSSR count). The van der Waals surface area contributed by atoms with Gasteiger partial charge in [0.15, 0.2) is 0 Å². The summed E-state index contributed by atoms with van der Waals surface area (Å²) in [6.07, 6.45) is 0. The predicted octanol–water partition coefficient (Wildman–Crippen LogP) is 4.37. The van der Waals surface area contributed by atoms with Crippen molar-refractivity contribution in [2.45, 2.75) is 13.8 Å². The van der Waals surface area contributed by atoms with E-state index in [-0.39, 0.29) is 11.7 Å². The number of carbonyl (C=O) groups excluding carboxylic acids is 1. The molecule has 0 atom stereocenters. The third kappa shape index (κ3) is 3.25. The molecule has 2 aromatic carbocycles. The lowest BCUT2D eigenvalue weighted by molar-refractivity contribution is -0.124. The van der Waals surface area contributed by atoms with E-state index < -0.39 is 0 Å². The van der Waals surface area contributed by atoms with Crippen LogP contribution in [0.4, 0.5) is 4.39 Å². The van der Waals surface area contributed by atoms with Crippen molar-refractivity contribution in [3.63, 3.8) is 0 Å². The van der Waals surface area contributed by atoms with E-state index in [0.717, 1.165) is 5.56 Å². The summed E-state index contributed by atoms with van der Waals surface area (Å²) in [6, 6.07) is 14.2. The van der Waals surface area contributed by atoms with Gasteiger partial charge in [0.05, 0.1) is 0 Å². The van der Waals surface area contributed by atoms with Crippen LogP contribution in [0.1, 0.15) is 19.4 Å².